The van der Waals surface area contributed by atoms with Crippen LogP contribution in [-0.4, -0.2) is 33.7 Å². The van der Waals surface area contributed by atoms with Crippen molar-refractivity contribution in [1.29, 1.82) is 0 Å². The topological polar surface area (TPSA) is 66.5 Å². The Labute approximate surface area is 106 Å². The van der Waals surface area contributed by atoms with E-state index in [2.05, 4.69) is 5.32 Å². The minimum absolute atomic E-state index is 0.133. The Morgan fingerprint density at radius 3 is 2.50 bits per heavy atom. The minimum atomic E-state index is -3.72. The van der Waals surface area contributed by atoms with Crippen molar-refractivity contribution in [1.82, 2.24) is 5.32 Å². The van der Waals surface area contributed by atoms with Crippen molar-refractivity contribution in [2.75, 3.05) is 23.7 Å². The van der Waals surface area contributed by atoms with Crippen molar-refractivity contribution in [2.45, 2.75) is 6.92 Å². The molecule has 7 heteroatoms. The summed E-state index contributed by atoms with van der Waals surface area (Å²) in [5.41, 5.74) is -0.133. The summed E-state index contributed by atoms with van der Waals surface area (Å²) in [6, 6.07) is 5.42. The van der Waals surface area contributed by atoms with Crippen LogP contribution in [0.2, 0.25) is 0 Å². The van der Waals surface area contributed by atoms with E-state index in [9.17, 15) is 17.6 Å². The number of para-hydroxylation sites is 1. The molecule has 0 heterocycles. The van der Waals surface area contributed by atoms with Crippen LogP contribution in [0, 0.1) is 5.82 Å². The van der Waals surface area contributed by atoms with E-state index >= 15 is 0 Å². The monoisotopic (exact) mass is 274 g/mol. The Bertz CT molecular complexity index is 531. The van der Waals surface area contributed by atoms with Crippen LogP contribution in [0.4, 0.5) is 10.1 Å². The highest BCUT2D eigenvalue weighted by atomic mass is 32.2. The summed E-state index contributed by atoms with van der Waals surface area (Å²) in [6.07, 6.45) is 0.929. The molecule has 0 radical (unpaired) electrons. The summed E-state index contributed by atoms with van der Waals surface area (Å²) < 4.78 is 37.5. The van der Waals surface area contributed by atoms with Crippen molar-refractivity contribution in [2.24, 2.45) is 0 Å². The van der Waals surface area contributed by atoms with Gasteiger partial charge in [0, 0.05) is 6.54 Å². The molecule has 18 heavy (non-hydrogen) atoms. The van der Waals surface area contributed by atoms with Crippen molar-refractivity contribution in [3.63, 3.8) is 0 Å². The van der Waals surface area contributed by atoms with Gasteiger partial charge in [0.1, 0.15) is 12.4 Å². The summed E-state index contributed by atoms with van der Waals surface area (Å²) in [5, 5.41) is 2.47. The lowest BCUT2D eigenvalue weighted by Crippen LogP contribution is -2.40. The Hall–Kier alpha value is -1.63. The number of rotatable bonds is 5. The van der Waals surface area contributed by atoms with E-state index in [1.165, 1.54) is 18.2 Å². The summed E-state index contributed by atoms with van der Waals surface area (Å²) >= 11 is 0. The van der Waals surface area contributed by atoms with Gasteiger partial charge in [0.25, 0.3) is 0 Å². The Morgan fingerprint density at radius 2 is 2.00 bits per heavy atom. The zero-order valence-electron chi connectivity index (χ0n) is 10.2. The molecule has 0 fully saturated rings. The first-order valence-corrected chi connectivity index (χ1v) is 7.20. The summed E-state index contributed by atoms with van der Waals surface area (Å²) in [4.78, 5) is 11.4. The average molecular weight is 274 g/mol. The van der Waals surface area contributed by atoms with E-state index in [0.717, 1.165) is 16.6 Å². The molecule has 1 aromatic carbocycles. The molecule has 0 saturated heterocycles. The smallest absolute Gasteiger partial charge is 0.240 e. The number of carbonyl (C=O) groups excluding carboxylic acids is 1. The number of likely N-dealkylation sites (N-methyl/N-ethyl adjacent to an activating group) is 1. The number of nitrogens with one attached hydrogen (secondary N) is 1. The molecule has 0 atom stereocenters. The number of sulfonamides is 1. The third-order valence-corrected chi connectivity index (χ3v) is 3.31. The number of nitrogens with zero attached hydrogens (tertiary/aromatic N) is 1. The van der Waals surface area contributed by atoms with E-state index < -0.39 is 28.3 Å². The number of hydrogen-bond acceptors (Lipinski definition) is 3. The third-order valence-electron chi connectivity index (χ3n) is 2.18. The fraction of sp³-hybridized carbons (Fsp3) is 0.364. The number of anilines is 1. The van der Waals surface area contributed by atoms with Gasteiger partial charge < -0.3 is 5.32 Å². The Balaban J connectivity index is 3.08. The second kappa shape index (κ2) is 5.81. The normalized spacial score (nSPS) is 11.1. The van der Waals surface area contributed by atoms with Gasteiger partial charge in [-0.25, -0.2) is 12.8 Å². The van der Waals surface area contributed by atoms with Gasteiger partial charge >= 0.3 is 0 Å². The molecule has 100 valence electrons. The number of amides is 1. The minimum Gasteiger partial charge on any atom is -0.355 e. The first kappa shape index (κ1) is 14.4. The van der Waals surface area contributed by atoms with Crippen molar-refractivity contribution in [3.8, 4) is 0 Å². The highest BCUT2D eigenvalue weighted by Crippen LogP contribution is 2.20. The van der Waals surface area contributed by atoms with Crippen molar-refractivity contribution >= 4 is 21.6 Å². The van der Waals surface area contributed by atoms with Crippen LogP contribution in [0.15, 0.2) is 24.3 Å². The molecule has 0 aliphatic heterocycles. The lowest BCUT2D eigenvalue weighted by molar-refractivity contribution is -0.119. The second-order valence-corrected chi connectivity index (χ2v) is 5.58. The van der Waals surface area contributed by atoms with Crippen LogP contribution < -0.4 is 9.62 Å². The highest BCUT2D eigenvalue weighted by molar-refractivity contribution is 7.92. The fourth-order valence-corrected chi connectivity index (χ4v) is 2.28. The van der Waals surface area contributed by atoms with E-state index in [1.807, 2.05) is 0 Å². The van der Waals surface area contributed by atoms with Crippen LogP contribution in [0.5, 0.6) is 0 Å². The molecule has 0 aromatic heterocycles. The van der Waals surface area contributed by atoms with Crippen LogP contribution in [0.3, 0.4) is 0 Å². The zero-order chi connectivity index (χ0) is 13.8. The molecule has 0 unspecified atom stereocenters. The van der Waals surface area contributed by atoms with Gasteiger partial charge in [-0.1, -0.05) is 12.1 Å². The Kier molecular flexibility index (Phi) is 4.66. The van der Waals surface area contributed by atoms with Gasteiger partial charge in [0.05, 0.1) is 11.9 Å². The molecule has 0 aliphatic rings. The van der Waals surface area contributed by atoms with Gasteiger partial charge in [-0.15, -0.1) is 0 Å². The third kappa shape index (κ3) is 3.69. The second-order valence-electron chi connectivity index (χ2n) is 3.67. The molecule has 0 bridgehead atoms. The van der Waals surface area contributed by atoms with Crippen LogP contribution in [-0.2, 0) is 14.8 Å². The number of halogens is 1. The molecule has 5 nitrogen and oxygen atoms in total. The lowest BCUT2D eigenvalue weighted by atomic mass is 10.3. The predicted octanol–water partition coefficient (Wildman–Crippen LogP) is 0.728. The first-order valence-electron chi connectivity index (χ1n) is 5.35. The fourth-order valence-electron chi connectivity index (χ4n) is 1.42. The van der Waals surface area contributed by atoms with Gasteiger partial charge in [-0.05, 0) is 19.1 Å². The molecule has 1 N–H and O–H groups in total. The van der Waals surface area contributed by atoms with E-state index in [1.54, 1.807) is 6.92 Å². The van der Waals surface area contributed by atoms with Crippen LogP contribution >= 0.6 is 0 Å². The Morgan fingerprint density at radius 1 is 1.39 bits per heavy atom. The average Bonchev–Trinajstić information content (AvgIpc) is 2.26. The van der Waals surface area contributed by atoms with E-state index in [-0.39, 0.29) is 5.69 Å². The standard InChI is InChI=1S/C11H15FN2O3S/c1-3-13-11(15)8-14(18(2,16)17)10-7-5-4-6-9(10)12/h4-7H,3,8H2,1-2H3,(H,13,15). The van der Waals surface area contributed by atoms with Gasteiger partial charge in [0.15, 0.2) is 0 Å². The van der Waals surface area contributed by atoms with Crippen molar-refractivity contribution in [3.05, 3.63) is 30.1 Å². The summed E-state index contributed by atoms with van der Waals surface area (Å²) in [7, 11) is -3.72. The molecule has 0 spiro atoms. The highest BCUT2D eigenvalue weighted by Gasteiger charge is 2.22. The largest absolute Gasteiger partial charge is 0.355 e. The lowest BCUT2D eigenvalue weighted by Gasteiger charge is -2.22. The molecule has 0 saturated carbocycles. The molecular formula is C11H15FN2O3S. The molecular weight excluding hydrogens is 259 g/mol. The van der Waals surface area contributed by atoms with Gasteiger partial charge in [0.2, 0.25) is 15.9 Å². The van der Waals surface area contributed by atoms with Crippen LogP contribution in [0.25, 0.3) is 0 Å². The van der Waals surface area contributed by atoms with Gasteiger partial charge in [-0.3, -0.25) is 9.10 Å². The molecule has 0 aliphatic carbocycles. The number of hydrogen-bond donors (Lipinski definition) is 1. The zero-order valence-corrected chi connectivity index (χ0v) is 11.0. The summed E-state index contributed by atoms with van der Waals surface area (Å²) in [5.74, 6) is -1.17. The predicted molar refractivity (Wildman–Crippen MR) is 67.3 cm³/mol. The maximum atomic E-state index is 13.6. The van der Waals surface area contributed by atoms with Gasteiger partial charge in [-0.2, -0.15) is 0 Å². The van der Waals surface area contributed by atoms with Crippen LogP contribution in [0.1, 0.15) is 6.92 Å². The number of carbonyl (C=O) groups is 1. The number of benzene rings is 1. The quantitative estimate of drug-likeness (QED) is 0.860. The first-order chi connectivity index (χ1) is 8.36. The molecule has 1 rings (SSSR count). The van der Waals surface area contributed by atoms with E-state index in [0.29, 0.717) is 6.54 Å². The van der Waals surface area contributed by atoms with Crippen molar-refractivity contribution < 1.29 is 17.6 Å². The SMILES string of the molecule is CCNC(=O)CN(c1ccccc1F)S(C)(=O)=O. The van der Waals surface area contributed by atoms with E-state index in [4.69, 9.17) is 0 Å². The summed E-state index contributed by atoms with van der Waals surface area (Å²) in [6.45, 7) is 1.66. The molecule has 1 aromatic rings. The maximum Gasteiger partial charge on any atom is 0.240 e. The maximum absolute atomic E-state index is 13.6. The molecule has 1 amide bonds.